The van der Waals surface area contributed by atoms with Crippen molar-refractivity contribution in [3.63, 3.8) is 0 Å². The second-order valence-corrected chi connectivity index (χ2v) is 12.0. The highest BCUT2D eigenvalue weighted by Gasteiger charge is 2.60. The first-order chi connectivity index (χ1) is 18.2. The molecule has 5 rings (SSSR count). The Kier molecular flexibility index (Phi) is 9.61. The molecule has 0 amide bonds. The first kappa shape index (κ1) is 26.8. The minimum Gasteiger partial charge on any atom is -0.374 e. The number of rotatable bonds is 11. The lowest BCUT2D eigenvalue weighted by molar-refractivity contribution is -0.233. The van der Waals surface area contributed by atoms with Gasteiger partial charge in [0.15, 0.2) is 0 Å². The second kappa shape index (κ2) is 13.3. The third-order valence-corrected chi connectivity index (χ3v) is 9.67. The monoisotopic (exact) mass is 538 g/mol. The van der Waals surface area contributed by atoms with Gasteiger partial charge in [0.2, 0.25) is 5.79 Å². The SMILES string of the molecule is O[C@@]1(C2SCCCS2)O[C@@H](COCc2ccccc2)[C@H](OCc2ccccc2)[C@H]1OCc1ccccc1. The van der Waals surface area contributed by atoms with Crippen molar-refractivity contribution in [1.82, 2.24) is 0 Å². The first-order valence-corrected chi connectivity index (χ1v) is 14.9. The van der Waals surface area contributed by atoms with Crippen molar-refractivity contribution in [2.75, 3.05) is 18.1 Å². The summed E-state index contributed by atoms with van der Waals surface area (Å²) in [7, 11) is 0. The van der Waals surface area contributed by atoms with Gasteiger partial charge in [-0.2, -0.15) is 0 Å². The molecule has 0 aromatic heterocycles. The van der Waals surface area contributed by atoms with E-state index in [2.05, 4.69) is 0 Å². The smallest absolute Gasteiger partial charge is 0.217 e. The molecule has 0 unspecified atom stereocenters. The van der Waals surface area contributed by atoms with Crippen LogP contribution in [-0.4, -0.2) is 51.9 Å². The van der Waals surface area contributed by atoms with Crippen molar-refractivity contribution in [1.29, 1.82) is 0 Å². The number of ether oxygens (including phenoxy) is 4. The zero-order valence-corrected chi connectivity index (χ0v) is 22.4. The van der Waals surface area contributed by atoms with Gasteiger partial charge in [0, 0.05) is 0 Å². The largest absolute Gasteiger partial charge is 0.374 e. The predicted molar refractivity (Wildman–Crippen MR) is 149 cm³/mol. The van der Waals surface area contributed by atoms with E-state index in [0.29, 0.717) is 26.4 Å². The summed E-state index contributed by atoms with van der Waals surface area (Å²) >= 11 is 3.47. The van der Waals surface area contributed by atoms with Gasteiger partial charge in [-0.25, -0.2) is 0 Å². The summed E-state index contributed by atoms with van der Waals surface area (Å²) in [5.74, 6) is 0.478. The average molecular weight is 539 g/mol. The van der Waals surface area contributed by atoms with Crippen LogP contribution in [0.5, 0.6) is 0 Å². The topological polar surface area (TPSA) is 57.2 Å². The Morgan fingerprint density at radius 1 is 0.730 bits per heavy atom. The highest BCUT2D eigenvalue weighted by Crippen LogP contribution is 2.47. The van der Waals surface area contributed by atoms with Crippen molar-refractivity contribution in [2.24, 2.45) is 0 Å². The van der Waals surface area contributed by atoms with Crippen LogP contribution in [-0.2, 0) is 38.8 Å². The summed E-state index contributed by atoms with van der Waals surface area (Å²) in [6.45, 7) is 1.52. The standard InChI is InChI=1S/C30H34O5S2/c31-30(29-36-17-10-18-37-29)28(34-21-25-15-8-3-9-16-25)27(33-20-24-13-6-2-7-14-24)26(35-30)22-32-19-23-11-4-1-5-12-23/h1-9,11-16,26-29,31H,10,17-22H2/t26-,27-,28+,30+/m0/s1. The zero-order chi connectivity index (χ0) is 25.3. The molecule has 2 aliphatic heterocycles. The fourth-order valence-corrected chi connectivity index (χ4v) is 7.71. The number of aliphatic hydroxyl groups is 1. The van der Waals surface area contributed by atoms with Crippen molar-refractivity contribution in [3.8, 4) is 0 Å². The van der Waals surface area contributed by atoms with Crippen LogP contribution in [0.2, 0.25) is 0 Å². The molecule has 3 aromatic rings. The third kappa shape index (κ3) is 6.98. The normalized spacial score (nSPS) is 26.4. The van der Waals surface area contributed by atoms with E-state index in [1.54, 1.807) is 23.5 Å². The molecule has 37 heavy (non-hydrogen) atoms. The molecule has 196 valence electrons. The minimum atomic E-state index is -1.49. The van der Waals surface area contributed by atoms with Crippen LogP contribution in [0.3, 0.4) is 0 Å². The van der Waals surface area contributed by atoms with Gasteiger partial charge in [0.05, 0.1) is 26.4 Å². The highest BCUT2D eigenvalue weighted by atomic mass is 32.2. The Labute approximate surface area is 227 Å². The molecule has 2 heterocycles. The maximum atomic E-state index is 12.1. The fourth-order valence-electron chi connectivity index (χ4n) is 4.66. The van der Waals surface area contributed by atoms with Gasteiger partial charge < -0.3 is 24.1 Å². The molecule has 1 N–H and O–H groups in total. The Morgan fingerprint density at radius 2 is 1.24 bits per heavy atom. The number of thioether (sulfide) groups is 2. The van der Waals surface area contributed by atoms with E-state index in [-0.39, 0.29) is 4.58 Å². The van der Waals surface area contributed by atoms with Gasteiger partial charge in [-0.1, -0.05) is 91.0 Å². The molecule has 7 heteroatoms. The Morgan fingerprint density at radius 3 is 1.81 bits per heavy atom. The molecule has 0 aliphatic carbocycles. The molecule has 4 atom stereocenters. The number of hydrogen-bond donors (Lipinski definition) is 1. The van der Waals surface area contributed by atoms with Crippen molar-refractivity contribution >= 4 is 23.5 Å². The molecule has 2 aliphatic rings. The Bertz CT molecular complexity index is 1070. The van der Waals surface area contributed by atoms with Gasteiger partial charge in [-0.3, -0.25) is 0 Å². The number of hydrogen-bond acceptors (Lipinski definition) is 7. The summed E-state index contributed by atoms with van der Waals surface area (Å²) in [5.41, 5.74) is 3.19. The average Bonchev–Trinajstić information content (AvgIpc) is 3.24. The Hall–Kier alpha value is -1.84. The Balaban J connectivity index is 1.36. The maximum absolute atomic E-state index is 12.1. The van der Waals surface area contributed by atoms with Crippen molar-refractivity contribution < 1.29 is 24.1 Å². The van der Waals surface area contributed by atoms with Gasteiger partial charge in [0.25, 0.3) is 0 Å². The highest BCUT2D eigenvalue weighted by molar-refractivity contribution is 8.17. The molecule has 0 saturated carbocycles. The summed E-state index contributed by atoms with van der Waals surface area (Å²) in [5, 5.41) is 12.1. The molecule has 2 saturated heterocycles. The van der Waals surface area contributed by atoms with Crippen LogP contribution in [0.1, 0.15) is 23.1 Å². The van der Waals surface area contributed by atoms with Crippen LogP contribution in [0.4, 0.5) is 0 Å². The molecule has 2 fully saturated rings. The molecular weight excluding hydrogens is 504 g/mol. The van der Waals surface area contributed by atoms with Gasteiger partial charge in [-0.15, -0.1) is 23.5 Å². The molecule has 5 nitrogen and oxygen atoms in total. The van der Waals surface area contributed by atoms with Crippen LogP contribution in [0.25, 0.3) is 0 Å². The molecule has 0 radical (unpaired) electrons. The number of benzene rings is 3. The van der Waals surface area contributed by atoms with Crippen LogP contribution >= 0.6 is 23.5 Å². The van der Waals surface area contributed by atoms with Crippen LogP contribution in [0.15, 0.2) is 91.0 Å². The molecule has 0 bridgehead atoms. The van der Waals surface area contributed by atoms with Crippen LogP contribution < -0.4 is 0 Å². The van der Waals surface area contributed by atoms with E-state index in [1.165, 1.54) is 0 Å². The van der Waals surface area contributed by atoms with E-state index in [9.17, 15) is 5.11 Å². The third-order valence-electron chi connectivity index (χ3n) is 6.53. The molecule has 0 spiro atoms. The summed E-state index contributed by atoms with van der Waals surface area (Å²) in [4.78, 5) is 0. The summed E-state index contributed by atoms with van der Waals surface area (Å²) in [6.07, 6.45) is -0.506. The van der Waals surface area contributed by atoms with Gasteiger partial charge in [-0.05, 0) is 34.6 Å². The minimum absolute atomic E-state index is 0.163. The van der Waals surface area contributed by atoms with Crippen LogP contribution in [0, 0.1) is 0 Å². The summed E-state index contributed by atoms with van der Waals surface area (Å²) < 4.78 is 25.4. The second-order valence-electron chi connectivity index (χ2n) is 9.31. The quantitative estimate of drug-likeness (QED) is 0.338. The van der Waals surface area contributed by atoms with Gasteiger partial charge in [0.1, 0.15) is 22.9 Å². The van der Waals surface area contributed by atoms with E-state index in [0.717, 1.165) is 34.6 Å². The molecule has 3 aromatic carbocycles. The summed E-state index contributed by atoms with van der Waals surface area (Å²) in [6, 6.07) is 30.2. The fraction of sp³-hybridized carbons (Fsp3) is 0.400. The van der Waals surface area contributed by atoms with E-state index < -0.39 is 24.1 Å². The van der Waals surface area contributed by atoms with Gasteiger partial charge >= 0.3 is 0 Å². The maximum Gasteiger partial charge on any atom is 0.217 e. The van der Waals surface area contributed by atoms with E-state index in [4.69, 9.17) is 18.9 Å². The first-order valence-electron chi connectivity index (χ1n) is 12.8. The molecular formula is C30H34O5S2. The van der Waals surface area contributed by atoms with Crippen molar-refractivity contribution in [3.05, 3.63) is 108 Å². The lowest BCUT2D eigenvalue weighted by atomic mass is 10.1. The lowest BCUT2D eigenvalue weighted by Crippen LogP contribution is -2.52. The predicted octanol–water partition coefficient (Wildman–Crippen LogP) is 5.66. The lowest BCUT2D eigenvalue weighted by Gasteiger charge is -2.38. The van der Waals surface area contributed by atoms with E-state index in [1.807, 2.05) is 91.0 Å². The van der Waals surface area contributed by atoms with E-state index >= 15 is 0 Å². The zero-order valence-electron chi connectivity index (χ0n) is 20.8. The van der Waals surface area contributed by atoms with Crippen molar-refractivity contribution in [2.45, 2.75) is 54.9 Å².